The number of aliphatic hydroxyl groups is 1. The molecule has 1 aromatic rings. The number of hydrogen-bond donors (Lipinski definition) is 2. The molecule has 1 rings (SSSR count). The summed E-state index contributed by atoms with van der Waals surface area (Å²) in [5, 5.41) is 12.3. The van der Waals surface area contributed by atoms with Crippen molar-refractivity contribution in [2.24, 2.45) is 5.41 Å². The van der Waals surface area contributed by atoms with E-state index < -0.39 is 11.8 Å². The van der Waals surface area contributed by atoms with Crippen LogP contribution in [0.4, 0.5) is 10.1 Å². The number of benzene rings is 1. The molecule has 0 radical (unpaired) electrons. The van der Waals surface area contributed by atoms with Gasteiger partial charge in [-0.25, -0.2) is 9.18 Å². The van der Waals surface area contributed by atoms with Gasteiger partial charge in [-0.1, -0.05) is 13.8 Å². The highest BCUT2D eigenvalue weighted by atomic mass is 19.1. The van der Waals surface area contributed by atoms with E-state index in [1.165, 1.54) is 25.3 Å². The van der Waals surface area contributed by atoms with Gasteiger partial charge in [-0.3, -0.25) is 0 Å². The molecule has 0 amide bonds. The van der Waals surface area contributed by atoms with Gasteiger partial charge in [0.05, 0.1) is 25.0 Å². The van der Waals surface area contributed by atoms with Crippen molar-refractivity contribution in [3.05, 3.63) is 29.6 Å². The molecule has 2 N–H and O–H groups in total. The van der Waals surface area contributed by atoms with Crippen LogP contribution in [0.2, 0.25) is 0 Å². The predicted molar refractivity (Wildman–Crippen MR) is 71.7 cm³/mol. The molecule has 0 aromatic heterocycles. The van der Waals surface area contributed by atoms with E-state index in [0.717, 1.165) is 6.42 Å². The van der Waals surface area contributed by atoms with Gasteiger partial charge in [-0.2, -0.15) is 0 Å². The maximum atomic E-state index is 13.3. The maximum absolute atomic E-state index is 13.3. The van der Waals surface area contributed by atoms with Gasteiger partial charge in [-0.15, -0.1) is 0 Å². The molecular weight excluding hydrogens is 249 g/mol. The normalized spacial score (nSPS) is 13.7. The Morgan fingerprint density at radius 3 is 2.74 bits per heavy atom. The highest BCUT2D eigenvalue weighted by Gasteiger charge is 2.22. The second-order valence-electron chi connectivity index (χ2n) is 4.86. The number of anilines is 1. The fourth-order valence-electron chi connectivity index (χ4n) is 1.55. The summed E-state index contributed by atoms with van der Waals surface area (Å²) < 4.78 is 17.9. The molecule has 0 bridgehead atoms. The minimum atomic E-state index is -0.523. The Bertz CT molecular complexity index is 444. The van der Waals surface area contributed by atoms with Crippen LogP contribution >= 0.6 is 0 Å². The molecule has 19 heavy (non-hydrogen) atoms. The van der Waals surface area contributed by atoms with E-state index in [2.05, 4.69) is 10.1 Å². The monoisotopic (exact) mass is 269 g/mol. The minimum absolute atomic E-state index is 0.0133. The molecule has 0 aliphatic heterocycles. The number of hydrogen-bond acceptors (Lipinski definition) is 4. The van der Waals surface area contributed by atoms with Gasteiger partial charge < -0.3 is 15.2 Å². The molecule has 0 aliphatic rings. The third kappa shape index (κ3) is 3.92. The molecule has 4 nitrogen and oxygen atoms in total. The fraction of sp³-hybridized carbons (Fsp3) is 0.500. The van der Waals surface area contributed by atoms with E-state index in [-0.39, 0.29) is 17.6 Å². The van der Waals surface area contributed by atoms with Gasteiger partial charge in [0.15, 0.2) is 0 Å². The van der Waals surface area contributed by atoms with Crippen LogP contribution in [0.5, 0.6) is 0 Å². The molecule has 0 saturated carbocycles. The molecule has 0 heterocycles. The van der Waals surface area contributed by atoms with Crippen molar-refractivity contribution in [3.63, 3.8) is 0 Å². The molecule has 0 spiro atoms. The topological polar surface area (TPSA) is 58.6 Å². The number of nitrogens with one attached hydrogen (secondary N) is 1. The van der Waals surface area contributed by atoms with Gasteiger partial charge >= 0.3 is 5.97 Å². The first kappa shape index (κ1) is 15.4. The molecular formula is C14H20FNO3. The summed E-state index contributed by atoms with van der Waals surface area (Å²) >= 11 is 0. The highest BCUT2D eigenvalue weighted by molar-refractivity contribution is 5.95. The first-order valence-electron chi connectivity index (χ1n) is 6.18. The van der Waals surface area contributed by atoms with Crippen LogP contribution in [-0.4, -0.2) is 31.3 Å². The van der Waals surface area contributed by atoms with E-state index in [4.69, 9.17) is 0 Å². The average Bonchev–Trinajstić information content (AvgIpc) is 2.44. The Balaban J connectivity index is 2.93. The fourth-order valence-corrected chi connectivity index (χ4v) is 1.55. The van der Waals surface area contributed by atoms with E-state index in [1.54, 1.807) is 0 Å². The predicted octanol–water partition coefficient (Wildman–Crippen LogP) is 2.43. The van der Waals surface area contributed by atoms with Crippen molar-refractivity contribution in [2.75, 3.05) is 25.6 Å². The molecule has 0 fully saturated rings. The van der Waals surface area contributed by atoms with Crippen LogP contribution in [0, 0.1) is 11.2 Å². The Labute approximate surface area is 112 Å². The van der Waals surface area contributed by atoms with Crippen LogP contribution in [0.3, 0.4) is 0 Å². The van der Waals surface area contributed by atoms with Crippen LogP contribution < -0.4 is 5.32 Å². The quantitative estimate of drug-likeness (QED) is 0.779. The number of aliphatic hydroxyl groups excluding tert-OH is 1. The number of rotatable bonds is 6. The molecule has 106 valence electrons. The van der Waals surface area contributed by atoms with Crippen molar-refractivity contribution in [2.45, 2.75) is 20.3 Å². The van der Waals surface area contributed by atoms with E-state index in [1.807, 2.05) is 13.8 Å². The van der Waals surface area contributed by atoms with Crippen LogP contribution in [-0.2, 0) is 4.74 Å². The second-order valence-corrected chi connectivity index (χ2v) is 4.86. The van der Waals surface area contributed by atoms with Crippen LogP contribution in [0.25, 0.3) is 0 Å². The number of halogens is 1. The summed E-state index contributed by atoms with van der Waals surface area (Å²) in [6.07, 6.45) is 0.763. The van der Waals surface area contributed by atoms with E-state index in [0.29, 0.717) is 12.2 Å². The van der Waals surface area contributed by atoms with Gasteiger partial charge in [0.25, 0.3) is 0 Å². The Kier molecular flexibility index (Phi) is 5.30. The summed E-state index contributed by atoms with van der Waals surface area (Å²) in [7, 11) is 1.28. The number of esters is 1. The molecule has 0 saturated heterocycles. The minimum Gasteiger partial charge on any atom is -0.465 e. The van der Waals surface area contributed by atoms with E-state index in [9.17, 15) is 14.3 Å². The molecule has 0 aliphatic carbocycles. The lowest BCUT2D eigenvalue weighted by Crippen LogP contribution is -2.30. The number of ether oxygens (including phenoxy) is 1. The average molecular weight is 269 g/mol. The van der Waals surface area contributed by atoms with Crippen molar-refractivity contribution < 1.29 is 19.0 Å². The summed E-state index contributed by atoms with van der Waals surface area (Å²) in [5.74, 6) is -0.956. The van der Waals surface area contributed by atoms with Gasteiger partial charge in [-0.05, 0) is 24.6 Å². The summed E-state index contributed by atoms with van der Waals surface area (Å²) in [5.41, 5.74) is 0.333. The SMILES string of the molecule is CCC(C)(CO)CNc1cc(F)ccc1C(=O)OC. The van der Waals surface area contributed by atoms with Crippen molar-refractivity contribution in [1.29, 1.82) is 0 Å². The zero-order valence-corrected chi connectivity index (χ0v) is 11.5. The largest absolute Gasteiger partial charge is 0.465 e. The lowest BCUT2D eigenvalue weighted by atomic mass is 9.88. The van der Waals surface area contributed by atoms with Crippen molar-refractivity contribution in [1.82, 2.24) is 0 Å². The second kappa shape index (κ2) is 6.52. The lowest BCUT2D eigenvalue weighted by molar-refractivity contribution is 0.0601. The first-order valence-corrected chi connectivity index (χ1v) is 6.18. The standard InChI is InChI=1S/C14H20FNO3/c1-4-14(2,9-17)8-16-12-7-10(15)5-6-11(12)13(18)19-3/h5-7,16-17H,4,8-9H2,1-3H3. The molecule has 1 unspecified atom stereocenters. The van der Waals surface area contributed by atoms with Crippen LogP contribution in [0.1, 0.15) is 30.6 Å². The number of methoxy groups -OCH3 is 1. The van der Waals surface area contributed by atoms with Crippen molar-refractivity contribution >= 4 is 11.7 Å². The maximum Gasteiger partial charge on any atom is 0.339 e. The number of carbonyl (C=O) groups excluding carboxylic acids is 1. The lowest BCUT2D eigenvalue weighted by Gasteiger charge is -2.26. The van der Waals surface area contributed by atoms with Crippen molar-refractivity contribution in [3.8, 4) is 0 Å². The van der Waals surface area contributed by atoms with Gasteiger partial charge in [0.2, 0.25) is 0 Å². The molecule has 1 aromatic carbocycles. The Morgan fingerprint density at radius 1 is 1.53 bits per heavy atom. The van der Waals surface area contributed by atoms with E-state index >= 15 is 0 Å². The van der Waals surface area contributed by atoms with Crippen LogP contribution in [0.15, 0.2) is 18.2 Å². The summed E-state index contributed by atoms with van der Waals surface area (Å²) in [6.45, 7) is 4.33. The number of carbonyl (C=O) groups is 1. The third-order valence-electron chi connectivity index (χ3n) is 3.33. The first-order chi connectivity index (χ1) is 8.95. The van der Waals surface area contributed by atoms with Gasteiger partial charge in [0.1, 0.15) is 5.82 Å². The summed E-state index contributed by atoms with van der Waals surface area (Å²) in [6, 6.07) is 3.84. The highest BCUT2D eigenvalue weighted by Crippen LogP contribution is 2.24. The molecule has 1 atom stereocenters. The van der Waals surface area contributed by atoms with Gasteiger partial charge in [0, 0.05) is 12.0 Å². The summed E-state index contributed by atoms with van der Waals surface area (Å²) in [4.78, 5) is 11.6. The Hall–Kier alpha value is -1.62. The Morgan fingerprint density at radius 2 is 2.21 bits per heavy atom. The zero-order valence-electron chi connectivity index (χ0n) is 11.5. The smallest absolute Gasteiger partial charge is 0.339 e. The third-order valence-corrected chi connectivity index (χ3v) is 3.33. The molecule has 5 heteroatoms. The zero-order chi connectivity index (χ0) is 14.5.